The van der Waals surface area contributed by atoms with Crippen molar-refractivity contribution in [2.45, 2.75) is 6.54 Å². The number of carbonyl (C=O) groups is 1. The highest BCUT2D eigenvalue weighted by Gasteiger charge is 2.11. The third-order valence-electron chi connectivity index (χ3n) is 2.64. The predicted octanol–water partition coefficient (Wildman–Crippen LogP) is 4.28. The van der Waals surface area contributed by atoms with Crippen LogP contribution in [0.2, 0.25) is 15.1 Å². The molecule has 0 atom stereocenters. The maximum Gasteiger partial charge on any atom is 0.255 e. The van der Waals surface area contributed by atoms with E-state index in [4.69, 9.17) is 34.8 Å². The molecular weight excluding hydrogens is 321 g/mol. The van der Waals surface area contributed by atoms with Gasteiger partial charge >= 0.3 is 0 Å². The molecule has 0 unspecified atom stereocenters. The van der Waals surface area contributed by atoms with Crippen molar-refractivity contribution in [1.82, 2.24) is 5.32 Å². The molecule has 2 N–H and O–H groups in total. The number of benzene rings is 2. The monoisotopic (exact) mass is 329 g/mol. The zero-order valence-electron chi connectivity index (χ0n) is 10.2. The van der Waals surface area contributed by atoms with Gasteiger partial charge in [-0.2, -0.15) is 0 Å². The molecule has 0 aliphatic heterocycles. The number of aromatic hydroxyl groups is 1. The Hall–Kier alpha value is -1.42. The number of carbonyl (C=O) groups excluding carboxylic acids is 1. The maximum absolute atomic E-state index is 12.0. The van der Waals surface area contributed by atoms with Gasteiger partial charge in [0, 0.05) is 11.6 Å². The minimum Gasteiger partial charge on any atom is -0.507 e. The Labute approximate surface area is 131 Å². The molecule has 2 rings (SSSR count). The fraction of sp³-hybridized carbons (Fsp3) is 0.0714. The van der Waals surface area contributed by atoms with E-state index >= 15 is 0 Å². The van der Waals surface area contributed by atoms with Crippen LogP contribution in [0.15, 0.2) is 36.4 Å². The first-order chi connectivity index (χ1) is 9.47. The lowest BCUT2D eigenvalue weighted by molar-refractivity contribution is 0.0948. The molecule has 0 fully saturated rings. The highest BCUT2D eigenvalue weighted by Crippen LogP contribution is 2.23. The summed E-state index contributed by atoms with van der Waals surface area (Å²) in [6, 6.07) is 9.36. The van der Waals surface area contributed by atoms with Crippen LogP contribution in [-0.4, -0.2) is 11.0 Å². The molecule has 2 aromatic carbocycles. The van der Waals surface area contributed by atoms with Crippen LogP contribution in [0.25, 0.3) is 0 Å². The highest BCUT2D eigenvalue weighted by molar-refractivity contribution is 6.42. The zero-order valence-corrected chi connectivity index (χ0v) is 12.4. The summed E-state index contributed by atoms with van der Waals surface area (Å²) in [6.07, 6.45) is 0. The van der Waals surface area contributed by atoms with Crippen LogP contribution in [-0.2, 0) is 6.54 Å². The molecule has 1 amide bonds. The van der Waals surface area contributed by atoms with Crippen molar-refractivity contribution < 1.29 is 9.90 Å². The van der Waals surface area contributed by atoms with E-state index in [1.807, 2.05) is 0 Å². The van der Waals surface area contributed by atoms with Gasteiger partial charge in [-0.15, -0.1) is 0 Å². The molecule has 6 heteroatoms. The SMILES string of the molecule is O=C(NCc1ccc(Cl)c(Cl)c1)c1cc(Cl)ccc1O. The summed E-state index contributed by atoms with van der Waals surface area (Å²) in [5.74, 6) is -0.544. The number of hydrogen-bond acceptors (Lipinski definition) is 2. The number of phenolic OH excluding ortho intramolecular Hbond substituents is 1. The van der Waals surface area contributed by atoms with E-state index in [2.05, 4.69) is 5.32 Å². The summed E-state index contributed by atoms with van der Waals surface area (Å²) in [5.41, 5.74) is 0.923. The minimum absolute atomic E-state index is 0.123. The molecule has 0 saturated carbocycles. The fourth-order valence-corrected chi connectivity index (χ4v) is 2.11. The maximum atomic E-state index is 12.0. The Morgan fingerprint density at radius 1 is 1.05 bits per heavy atom. The first-order valence-electron chi connectivity index (χ1n) is 5.68. The molecule has 3 nitrogen and oxygen atoms in total. The van der Waals surface area contributed by atoms with Gasteiger partial charge in [0.05, 0.1) is 15.6 Å². The van der Waals surface area contributed by atoms with Crippen molar-refractivity contribution in [3.8, 4) is 5.75 Å². The van der Waals surface area contributed by atoms with Crippen LogP contribution in [0.1, 0.15) is 15.9 Å². The van der Waals surface area contributed by atoms with Crippen molar-refractivity contribution in [1.29, 1.82) is 0 Å². The Balaban J connectivity index is 2.08. The minimum atomic E-state index is -0.420. The summed E-state index contributed by atoms with van der Waals surface area (Å²) in [7, 11) is 0. The van der Waals surface area contributed by atoms with Crippen LogP contribution in [0.3, 0.4) is 0 Å². The van der Waals surface area contributed by atoms with Gasteiger partial charge < -0.3 is 10.4 Å². The van der Waals surface area contributed by atoms with E-state index in [0.29, 0.717) is 15.1 Å². The average molecular weight is 331 g/mol. The second-order valence-corrected chi connectivity index (χ2v) is 5.34. The van der Waals surface area contributed by atoms with E-state index in [-0.39, 0.29) is 17.9 Å². The predicted molar refractivity (Wildman–Crippen MR) is 80.7 cm³/mol. The Morgan fingerprint density at radius 2 is 1.80 bits per heavy atom. The third kappa shape index (κ3) is 3.57. The smallest absolute Gasteiger partial charge is 0.255 e. The topological polar surface area (TPSA) is 49.3 Å². The van der Waals surface area contributed by atoms with Crippen LogP contribution in [0.5, 0.6) is 5.75 Å². The lowest BCUT2D eigenvalue weighted by Gasteiger charge is -2.08. The average Bonchev–Trinajstić information content (AvgIpc) is 2.42. The van der Waals surface area contributed by atoms with E-state index in [1.54, 1.807) is 18.2 Å². The first kappa shape index (κ1) is 15.0. The summed E-state index contributed by atoms with van der Waals surface area (Å²) in [6.45, 7) is 0.266. The van der Waals surface area contributed by atoms with Crippen molar-refractivity contribution in [2.75, 3.05) is 0 Å². The summed E-state index contributed by atoms with van der Waals surface area (Å²) >= 11 is 17.5. The molecule has 0 spiro atoms. The summed E-state index contributed by atoms with van der Waals surface area (Å²) in [5, 5.41) is 13.5. The number of hydrogen-bond donors (Lipinski definition) is 2. The van der Waals surface area contributed by atoms with Crippen molar-refractivity contribution >= 4 is 40.7 Å². The standard InChI is InChI=1S/C14H10Cl3NO2/c15-9-2-4-13(19)10(6-9)14(20)18-7-8-1-3-11(16)12(17)5-8/h1-6,19H,7H2,(H,18,20). The van der Waals surface area contributed by atoms with Gasteiger partial charge in [0.25, 0.3) is 5.91 Å². The van der Waals surface area contributed by atoms with Gasteiger partial charge in [-0.05, 0) is 35.9 Å². The molecule has 0 aliphatic rings. The van der Waals surface area contributed by atoms with Crippen LogP contribution in [0.4, 0.5) is 0 Å². The number of halogens is 3. The summed E-state index contributed by atoms with van der Waals surface area (Å²) in [4.78, 5) is 12.0. The quantitative estimate of drug-likeness (QED) is 0.882. The van der Waals surface area contributed by atoms with Crippen LogP contribution in [0, 0.1) is 0 Å². The molecule has 0 aliphatic carbocycles. The lowest BCUT2D eigenvalue weighted by atomic mass is 10.1. The molecule has 0 bridgehead atoms. The number of rotatable bonds is 3. The van der Waals surface area contributed by atoms with Gasteiger partial charge in [0.2, 0.25) is 0 Å². The molecule has 0 aromatic heterocycles. The van der Waals surface area contributed by atoms with Gasteiger partial charge in [-0.3, -0.25) is 4.79 Å². The molecule has 0 radical (unpaired) electrons. The van der Waals surface area contributed by atoms with Gasteiger partial charge in [-0.25, -0.2) is 0 Å². The first-order valence-corrected chi connectivity index (χ1v) is 6.81. The second kappa shape index (κ2) is 6.35. The van der Waals surface area contributed by atoms with Crippen LogP contribution < -0.4 is 5.32 Å². The number of phenols is 1. The summed E-state index contributed by atoms with van der Waals surface area (Å²) < 4.78 is 0. The van der Waals surface area contributed by atoms with E-state index in [1.165, 1.54) is 18.2 Å². The molecule has 2 aromatic rings. The van der Waals surface area contributed by atoms with Crippen molar-refractivity contribution in [2.24, 2.45) is 0 Å². The molecular formula is C14H10Cl3NO2. The molecule has 104 valence electrons. The van der Waals surface area contributed by atoms with E-state index < -0.39 is 5.91 Å². The Bertz CT molecular complexity index is 659. The molecule has 0 saturated heterocycles. The third-order valence-corrected chi connectivity index (χ3v) is 3.61. The second-order valence-electron chi connectivity index (χ2n) is 4.09. The highest BCUT2D eigenvalue weighted by atomic mass is 35.5. The van der Waals surface area contributed by atoms with Crippen LogP contribution >= 0.6 is 34.8 Å². The number of amides is 1. The Morgan fingerprint density at radius 3 is 2.50 bits per heavy atom. The van der Waals surface area contributed by atoms with Gasteiger partial charge in [0.15, 0.2) is 0 Å². The van der Waals surface area contributed by atoms with E-state index in [0.717, 1.165) is 5.56 Å². The van der Waals surface area contributed by atoms with E-state index in [9.17, 15) is 9.90 Å². The normalized spacial score (nSPS) is 10.3. The Kier molecular flexibility index (Phi) is 4.76. The van der Waals surface area contributed by atoms with Gasteiger partial charge in [0.1, 0.15) is 5.75 Å². The zero-order chi connectivity index (χ0) is 14.7. The lowest BCUT2D eigenvalue weighted by Crippen LogP contribution is -2.22. The number of nitrogens with one attached hydrogen (secondary N) is 1. The fourth-order valence-electron chi connectivity index (χ4n) is 1.62. The largest absolute Gasteiger partial charge is 0.507 e. The van der Waals surface area contributed by atoms with Gasteiger partial charge in [-0.1, -0.05) is 40.9 Å². The molecule has 20 heavy (non-hydrogen) atoms. The van der Waals surface area contributed by atoms with Crippen molar-refractivity contribution in [3.05, 3.63) is 62.6 Å². The molecule has 0 heterocycles. The van der Waals surface area contributed by atoms with Crippen molar-refractivity contribution in [3.63, 3.8) is 0 Å².